The van der Waals surface area contributed by atoms with Gasteiger partial charge < -0.3 is 15.4 Å². The molecule has 2 N–H and O–H groups in total. The average molecular weight is 264 g/mol. The molecule has 1 saturated heterocycles. The van der Waals surface area contributed by atoms with E-state index in [0.717, 1.165) is 18.4 Å². The number of halogens is 1. The minimum Gasteiger partial charge on any atom is -0.364 e. The average Bonchev–Trinajstić information content (AvgIpc) is 3.04. The number of hydrogen-bond donors (Lipinski definition) is 1. The van der Waals surface area contributed by atoms with E-state index >= 15 is 0 Å². The lowest BCUT2D eigenvalue weighted by molar-refractivity contribution is -0.129. The number of carbonyl (C=O) groups is 1. The summed E-state index contributed by atoms with van der Waals surface area (Å²) >= 11 is 0. The number of nitrogens with zero attached hydrogens (tertiary/aromatic N) is 1. The SMILES string of the molecule is NC[C@H]1CC[C@@H](C(=O)N2CCc3ccc(F)cc32)O1. The summed E-state index contributed by atoms with van der Waals surface area (Å²) in [6.07, 6.45) is 1.83. The highest BCUT2D eigenvalue weighted by Gasteiger charge is 2.35. The van der Waals surface area contributed by atoms with E-state index in [1.165, 1.54) is 12.1 Å². The zero-order valence-electron chi connectivity index (χ0n) is 10.6. The van der Waals surface area contributed by atoms with E-state index < -0.39 is 6.10 Å². The van der Waals surface area contributed by atoms with Crippen LogP contribution in [0.5, 0.6) is 0 Å². The van der Waals surface area contributed by atoms with Gasteiger partial charge in [-0.3, -0.25) is 4.79 Å². The van der Waals surface area contributed by atoms with E-state index in [4.69, 9.17) is 10.5 Å². The van der Waals surface area contributed by atoms with Gasteiger partial charge in [0.25, 0.3) is 5.91 Å². The van der Waals surface area contributed by atoms with Crippen LogP contribution in [0.15, 0.2) is 18.2 Å². The lowest BCUT2D eigenvalue weighted by atomic mass is 10.1. The Morgan fingerprint density at radius 3 is 3.05 bits per heavy atom. The molecule has 1 amide bonds. The van der Waals surface area contributed by atoms with E-state index in [1.54, 1.807) is 11.0 Å². The molecule has 0 aliphatic carbocycles. The molecule has 1 aromatic rings. The van der Waals surface area contributed by atoms with Crippen LogP contribution in [0.2, 0.25) is 0 Å². The molecule has 102 valence electrons. The van der Waals surface area contributed by atoms with Crippen LogP contribution in [0.4, 0.5) is 10.1 Å². The van der Waals surface area contributed by atoms with Crippen LogP contribution >= 0.6 is 0 Å². The largest absolute Gasteiger partial charge is 0.364 e. The van der Waals surface area contributed by atoms with Crippen molar-refractivity contribution >= 4 is 11.6 Å². The lowest BCUT2D eigenvalue weighted by Gasteiger charge is -2.21. The molecule has 0 spiro atoms. The highest BCUT2D eigenvalue weighted by atomic mass is 19.1. The molecule has 0 bridgehead atoms. The van der Waals surface area contributed by atoms with Gasteiger partial charge in [0.1, 0.15) is 11.9 Å². The number of hydrogen-bond acceptors (Lipinski definition) is 3. The molecule has 19 heavy (non-hydrogen) atoms. The first-order valence-corrected chi connectivity index (χ1v) is 6.64. The maximum absolute atomic E-state index is 13.3. The molecule has 1 aromatic carbocycles. The quantitative estimate of drug-likeness (QED) is 0.874. The van der Waals surface area contributed by atoms with E-state index in [0.29, 0.717) is 25.2 Å². The summed E-state index contributed by atoms with van der Waals surface area (Å²) in [6.45, 7) is 1.04. The minimum absolute atomic E-state index is 0.0245. The fourth-order valence-electron chi connectivity index (χ4n) is 2.82. The molecule has 0 radical (unpaired) electrons. The lowest BCUT2D eigenvalue weighted by Crippen LogP contribution is -2.38. The topological polar surface area (TPSA) is 55.6 Å². The summed E-state index contributed by atoms with van der Waals surface area (Å²) < 4.78 is 18.9. The van der Waals surface area contributed by atoms with Gasteiger partial charge in [0.05, 0.1) is 6.10 Å². The molecule has 2 atom stereocenters. The highest BCUT2D eigenvalue weighted by molar-refractivity contribution is 5.98. The number of ether oxygens (including phenoxy) is 1. The van der Waals surface area contributed by atoms with Crippen LogP contribution in [0.3, 0.4) is 0 Å². The van der Waals surface area contributed by atoms with E-state index in [9.17, 15) is 9.18 Å². The second-order valence-corrected chi connectivity index (χ2v) is 5.07. The van der Waals surface area contributed by atoms with Gasteiger partial charge in [0, 0.05) is 18.8 Å². The van der Waals surface area contributed by atoms with Crippen molar-refractivity contribution in [1.82, 2.24) is 0 Å². The van der Waals surface area contributed by atoms with Gasteiger partial charge in [0.15, 0.2) is 0 Å². The van der Waals surface area contributed by atoms with Gasteiger partial charge in [-0.2, -0.15) is 0 Å². The normalized spacial score (nSPS) is 25.7. The molecule has 2 aliphatic heterocycles. The number of carbonyl (C=O) groups excluding carboxylic acids is 1. The first-order chi connectivity index (χ1) is 9.19. The molecular weight excluding hydrogens is 247 g/mol. The first-order valence-electron chi connectivity index (χ1n) is 6.64. The molecule has 5 heteroatoms. The monoisotopic (exact) mass is 264 g/mol. The van der Waals surface area contributed by atoms with Crippen molar-refractivity contribution in [3.8, 4) is 0 Å². The molecular formula is C14H17FN2O2. The predicted molar refractivity (Wildman–Crippen MR) is 69.4 cm³/mol. The molecule has 0 saturated carbocycles. The summed E-state index contributed by atoms with van der Waals surface area (Å²) in [5.74, 6) is -0.383. The van der Waals surface area contributed by atoms with Gasteiger partial charge in [-0.1, -0.05) is 6.07 Å². The Morgan fingerprint density at radius 2 is 2.32 bits per heavy atom. The van der Waals surface area contributed by atoms with Crippen LogP contribution in [-0.2, 0) is 16.0 Å². The fraction of sp³-hybridized carbons (Fsp3) is 0.500. The number of rotatable bonds is 2. The number of fused-ring (bicyclic) bond motifs is 1. The Bertz CT molecular complexity index is 506. The summed E-state index contributed by atoms with van der Waals surface area (Å²) in [6, 6.07) is 4.61. The standard InChI is InChI=1S/C14H17FN2O2/c15-10-2-1-9-5-6-17(12(9)7-10)14(18)13-4-3-11(8-16)19-13/h1-2,7,11,13H,3-6,8,16H2/t11-,13+/m1/s1. The van der Waals surface area contributed by atoms with Gasteiger partial charge in [-0.15, -0.1) is 0 Å². The molecule has 2 heterocycles. The van der Waals surface area contributed by atoms with Gasteiger partial charge in [-0.25, -0.2) is 4.39 Å². The van der Waals surface area contributed by atoms with Crippen molar-refractivity contribution in [3.63, 3.8) is 0 Å². The van der Waals surface area contributed by atoms with E-state index in [1.807, 2.05) is 0 Å². The smallest absolute Gasteiger partial charge is 0.256 e. The molecule has 1 fully saturated rings. The number of nitrogens with two attached hydrogens (primary N) is 1. The Balaban J connectivity index is 1.78. The Labute approximate surface area is 111 Å². The van der Waals surface area contributed by atoms with Crippen molar-refractivity contribution in [2.75, 3.05) is 18.0 Å². The summed E-state index contributed by atoms with van der Waals surface area (Å²) in [4.78, 5) is 14.1. The molecule has 3 rings (SSSR count). The number of amides is 1. The third-order valence-corrected chi connectivity index (χ3v) is 3.85. The van der Waals surface area contributed by atoms with Crippen molar-refractivity contribution in [2.45, 2.75) is 31.5 Å². The third-order valence-electron chi connectivity index (χ3n) is 3.85. The van der Waals surface area contributed by atoms with Gasteiger partial charge >= 0.3 is 0 Å². The Morgan fingerprint density at radius 1 is 1.47 bits per heavy atom. The van der Waals surface area contributed by atoms with Crippen LogP contribution < -0.4 is 10.6 Å². The maximum atomic E-state index is 13.3. The summed E-state index contributed by atoms with van der Waals surface area (Å²) in [5, 5.41) is 0. The summed E-state index contributed by atoms with van der Waals surface area (Å²) in [5.41, 5.74) is 7.25. The fourth-order valence-corrected chi connectivity index (χ4v) is 2.82. The second-order valence-electron chi connectivity index (χ2n) is 5.07. The van der Waals surface area contributed by atoms with Crippen LogP contribution in [0.25, 0.3) is 0 Å². The van der Waals surface area contributed by atoms with Gasteiger partial charge in [0.2, 0.25) is 0 Å². The minimum atomic E-state index is -0.428. The highest BCUT2D eigenvalue weighted by Crippen LogP contribution is 2.31. The van der Waals surface area contributed by atoms with Crippen LogP contribution in [0.1, 0.15) is 18.4 Å². The Kier molecular flexibility index (Phi) is 3.24. The number of benzene rings is 1. The van der Waals surface area contributed by atoms with Crippen molar-refractivity contribution in [2.24, 2.45) is 5.73 Å². The molecule has 2 aliphatic rings. The van der Waals surface area contributed by atoms with Crippen LogP contribution in [0, 0.1) is 5.82 Å². The van der Waals surface area contributed by atoms with Crippen molar-refractivity contribution in [3.05, 3.63) is 29.6 Å². The van der Waals surface area contributed by atoms with Crippen molar-refractivity contribution in [1.29, 1.82) is 0 Å². The van der Waals surface area contributed by atoms with E-state index in [2.05, 4.69) is 0 Å². The predicted octanol–water partition coefficient (Wildman–Crippen LogP) is 1.22. The molecule has 4 nitrogen and oxygen atoms in total. The first kappa shape index (κ1) is 12.6. The zero-order chi connectivity index (χ0) is 13.4. The van der Waals surface area contributed by atoms with Crippen molar-refractivity contribution < 1.29 is 13.9 Å². The number of anilines is 1. The second kappa shape index (κ2) is 4.90. The van der Waals surface area contributed by atoms with Gasteiger partial charge in [-0.05, 0) is 37.0 Å². The van der Waals surface area contributed by atoms with E-state index in [-0.39, 0.29) is 17.8 Å². The maximum Gasteiger partial charge on any atom is 0.256 e. The molecule has 0 aromatic heterocycles. The third kappa shape index (κ3) is 2.24. The molecule has 0 unspecified atom stereocenters. The van der Waals surface area contributed by atoms with Crippen LogP contribution in [-0.4, -0.2) is 31.2 Å². The Hall–Kier alpha value is -1.46. The summed E-state index contributed by atoms with van der Waals surface area (Å²) in [7, 11) is 0. The zero-order valence-corrected chi connectivity index (χ0v) is 10.6.